The molecule has 0 saturated heterocycles. The molecular formula is C16H23N3O2. The smallest absolute Gasteiger partial charge is 0.242 e. The van der Waals surface area contributed by atoms with Crippen LogP contribution < -0.4 is 16.0 Å². The summed E-state index contributed by atoms with van der Waals surface area (Å²) in [5.74, 6) is -0.0622. The Balaban J connectivity index is 1.84. The summed E-state index contributed by atoms with van der Waals surface area (Å²) >= 11 is 0. The van der Waals surface area contributed by atoms with Crippen LogP contribution in [-0.2, 0) is 9.59 Å². The van der Waals surface area contributed by atoms with Gasteiger partial charge in [-0.25, -0.2) is 0 Å². The first-order valence-electron chi connectivity index (χ1n) is 7.49. The lowest BCUT2D eigenvalue weighted by atomic mass is 10.2. The molecule has 3 N–H and O–H groups in total. The van der Waals surface area contributed by atoms with E-state index < -0.39 is 0 Å². The molecule has 2 rings (SSSR count). The van der Waals surface area contributed by atoms with Crippen LogP contribution in [0.2, 0.25) is 0 Å². The molecule has 5 heteroatoms. The molecule has 1 saturated carbocycles. The fraction of sp³-hybridized carbons (Fsp3) is 0.500. The standard InChI is InChI=1S/C16H23N3O2/c1-11(16(21)19-13-5-3-4-6-13)17-14-7-9-15(10-8-14)18-12(2)20/h7-11,13,17H,3-6H2,1-2H3,(H,18,20)(H,19,21). The molecule has 0 spiro atoms. The Hall–Kier alpha value is -2.04. The van der Waals surface area contributed by atoms with Gasteiger partial charge in [0.2, 0.25) is 11.8 Å². The quantitative estimate of drug-likeness (QED) is 0.780. The van der Waals surface area contributed by atoms with Crippen molar-refractivity contribution >= 4 is 23.2 Å². The van der Waals surface area contributed by atoms with Gasteiger partial charge in [-0.15, -0.1) is 0 Å². The van der Waals surface area contributed by atoms with Crippen LogP contribution >= 0.6 is 0 Å². The van der Waals surface area contributed by atoms with Crippen molar-refractivity contribution in [2.45, 2.75) is 51.6 Å². The lowest BCUT2D eigenvalue weighted by molar-refractivity contribution is -0.122. The molecule has 114 valence electrons. The number of hydrogen-bond acceptors (Lipinski definition) is 3. The van der Waals surface area contributed by atoms with Crippen molar-refractivity contribution < 1.29 is 9.59 Å². The molecule has 5 nitrogen and oxygen atoms in total. The zero-order valence-electron chi connectivity index (χ0n) is 12.6. The van der Waals surface area contributed by atoms with Crippen LogP contribution in [0.3, 0.4) is 0 Å². The number of amides is 2. The van der Waals surface area contributed by atoms with Gasteiger partial charge in [0.1, 0.15) is 6.04 Å². The molecule has 1 unspecified atom stereocenters. The fourth-order valence-electron chi connectivity index (χ4n) is 2.56. The van der Waals surface area contributed by atoms with E-state index in [2.05, 4.69) is 16.0 Å². The van der Waals surface area contributed by atoms with Crippen LogP contribution in [0, 0.1) is 0 Å². The number of hydrogen-bond donors (Lipinski definition) is 3. The Morgan fingerprint density at radius 3 is 2.24 bits per heavy atom. The Kier molecular flexibility index (Phi) is 5.20. The van der Waals surface area contributed by atoms with Crippen LogP contribution in [0.1, 0.15) is 39.5 Å². The highest BCUT2D eigenvalue weighted by Crippen LogP contribution is 2.18. The average molecular weight is 289 g/mol. The predicted molar refractivity (Wildman–Crippen MR) is 84.2 cm³/mol. The largest absolute Gasteiger partial charge is 0.374 e. The number of rotatable bonds is 5. The van der Waals surface area contributed by atoms with Gasteiger partial charge in [0, 0.05) is 24.3 Å². The van der Waals surface area contributed by atoms with Gasteiger partial charge >= 0.3 is 0 Å². The zero-order chi connectivity index (χ0) is 15.2. The van der Waals surface area contributed by atoms with Crippen LogP contribution in [0.15, 0.2) is 24.3 Å². The average Bonchev–Trinajstić information content (AvgIpc) is 2.93. The number of carbonyl (C=O) groups is 2. The van der Waals surface area contributed by atoms with Crippen molar-refractivity contribution in [2.24, 2.45) is 0 Å². The third-order valence-electron chi connectivity index (χ3n) is 3.68. The van der Waals surface area contributed by atoms with Gasteiger partial charge in [-0.1, -0.05) is 12.8 Å². The fourth-order valence-corrected chi connectivity index (χ4v) is 2.56. The number of benzene rings is 1. The second kappa shape index (κ2) is 7.11. The maximum absolute atomic E-state index is 12.1. The maximum Gasteiger partial charge on any atom is 0.242 e. The summed E-state index contributed by atoms with van der Waals surface area (Å²) in [4.78, 5) is 23.0. The second-order valence-corrected chi connectivity index (χ2v) is 5.61. The van der Waals surface area contributed by atoms with E-state index in [1.807, 2.05) is 31.2 Å². The highest BCUT2D eigenvalue weighted by atomic mass is 16.2. The van der Waals surface area contributed by atoms with Crippen molar-refractivity contribution in [1.82, 2.24) is 5.32 Å². The van der Waals surface area contributed by atoms with E-state index >= 15 is 0 Å². The third kappa shape index (κ3) is 4.77. The molecule has 0 aromatic heterocycles. The van der Waals surface area contributed by atoms with Crippen LogP contribution in [0.5, 0.6) is 0 Å². The van der Waals surface area contributed by atoms with Crippen molar-refractivity contribution in [2.75, 3.05) is 10.6 Å². The van der Waals surface area contributed by atoms with Gasteiger partial charge in [0.15, 0.2) is 0 Å². The molecule has 1 aromatic rings. The van der Waals surface area contributed by atoms with Crippen LogP contribution in [0.4, 0.5) is 11.4 Å². The number of anilines is 2. The normalized spacial score (nSPS) is 16.3. The summed E-state index contributed by atoms with van der Waals surface area (Å²) in [6, 6.07) is 7.38. The van der Waals surface area contributed by atoms with Gasteiger partial charge in [0.05, 0.1) is 0 Å². The molecule has 2 amide bonds. The van der Waals surface area contributed by atoms with E-state index in [9.17, 15) is 9.59 Å². The minimum Gasteiger partial charge on any atom is -0.374 e. The Bertz CT molecular complexity index is 493. The van der Waals surface area contributed by atoms with Crippen molar-refractivity contribution in [3.63, 3.8) is 0 Å². The van der Waals surface area contributed by atoms with Gasteiger partial charge in [-0.2, -0.15) is 0 Å². The summed E-state index contributed by atoms with van der Waals surface area (Å²) in [6.07, 6.45) is 4.59. The van der Waals surface area contributed by atoms with Gasteiger partial charge in [-0.05, 0) is 44.0 Å². The first-order valence-corrected chi connectivity index (χ1v) is 7.49. The molecule has 21 heavy (non-hydrogen) atoms. The monoisotopic (exact) mass is 289 g/mol. The highest BCUT2D eigenvalue weighted by Gasteiger charge is 2.20. The first kappa shape index (κ1) is 15.4. The van der Waals surface area contributed by atoms with Crippen LogP contribution in [0.25, 0.3) is 0 Å². The van der Waals surface area contributed by atoms with Crippen molar-refractivity contribution in [3.05, 3.63) is 24.3 Å². The predicted octanol–water partition coefficient (Wildman–Crippen LogP) is 2.50. The summed E-state index contributed by atoms with van der Waals surface area (Å²) in [5.41, 5.74) is 1.61. The van der Waals surface area contributed by atoms with E-state index in [-0.39, 0.29) is 17.9 Å². The second-order valence-electron chi connectivity index (χ2n) is 5.61. The first-order chi connectivity index (χ1) is 10.0. The topological polar surface area (TPSA) is 70.2 Å². The molecule has 0 radical (unpaired) electrons. The SMILES string of the molecule is CC(=O)Nc1ccc(NC(C)C(=O)NC2CCCC2)cc1. The molecular weight excluding hydrogens is 266 g/mol. The Labute approximate surface area is 125 Å². The molecule has 0 heterocycles. The van der Waals surface area contributed by atoms with E-state index in [0.717, 1.165) is 24.2 Å². The van der Waals surface area contributed by atoms with Crippen molar-refractivity contribution in [3.8, 4) is 0 Å². The van der Waals surface area contributed by atoms with Gasteiger partial charge < -0.3 is 16.0 Å². The number of carbonyl (C=O) groups excluding carboxylic acids is 2. The summed E-state index contributed by atoms with van der Waals surface area (Å²) < 4.78 is 0. The molecule has 1 aliphatic carbocycles. The highest BCUT2D eigenvalue weighted by molar-refractivity contribution is 5.89. The molecule has 0 bridgehead atoms. The van der Waals surface area contributed by atoms with E-state index in [1.165, 1.54) is 19.8 Å². The van der Waals surface area contributed by atoms with E-state index in [0.29, 0.717) is 6.04 Å². The summed E-state index contributed by atoms with van der Waals surface area (Å²) in [5, 5.41) is 8.96. The Morgan fingerprint density at radius 1 is 1.10 bits per heavy atom. The summed E-state index contributed by atoms with van der Waals surface area (Å²) in [6.45, 7) is 3.33. The zero-order valence-corrected chi connectivity index (χ0v) is 12.6. The van der Waals surface area contributed by atoms with Crippen molar-refractivity contribution in [1.29, 1.82) is 0 Å². The van der Waals surface area contributed by atoms with Gasteiger partial charge in [-0.3, -0.25) is 9.59 Å². The molecule has 1 atom stereocenters. The summed E-state index contributed by atoms with van der Waals surface area (Å²) in [7, 11) is 0. The van der Waals surface area contributed by atoms with Crippen LogP contribution in [-0.4, -0.2) is 23.9 Å². The minimum atomic E-state index is -0.280. The molecule has 1 aromatic carbocycles. The van der Waals surface area contributed by atoms with E-state index in [1.54, 1.807) is 0 Å². The molecule has 1 aliphatic rings. The minimum absolute atomic E-state index is 0.0350. The molecule has 0 aliphatic heterocycles. The lowest BCUT2D eigenvalue weighted by Gasteiger charge is -2.18. The van der Waals surface area contributed by atoms with Gasteiger partial charge in [0.25, 0.3) is 0 Å². The third-order valence-corrected chi connectivity index (χ3v) is 3.68. The lowest BCUT2D eigenvalue weighted by Crippen LogP contribution is -2.42. The van der Waals surface area contributed by atoms with E-state index in [4.69, 9.17) is 0 Å². The number of nitrogens with one attached hydrogen (secondary N) is 3. The maximum atomic E-state index is 12.1. The Morgan fingerprint density at radius 2 is 1.67 bits per heavy atom. The molecule has 1 fully saturated rings.